The molecule has 0 aliphatic carbocycles. The molecule has 0 heterocycles. The van der Waals surface area contributed by atoms with Crippen molar-refractivity contribution in [3.8, 4) is 11.5 Å². The normalized spacial score (nSPS) is 9.88. The molecule has 0 aliphatic heterocycles. The zero-order valence-corrected chi connectivity index (χ0v) is 10.8. The van der Waals surface area contributed by atoms with E-state index >= 15 is 0 Å². The minimum Gasteiger partial charge on any atom is -0.494 e. The van der Waals surface area contributed by atoms with Crippen molar-refractivity contribution < 1.29 is 14.3 Å². The van der Waals surface area contributed by atoms with Crippen molar-refractivity contribution in [1.29, 1.82) is 0 Å². The van der Waals surface area contributed by atoms with Crippen LogP contribution in [0.1, 0.15) is 26.3 Å². The average molecular weight is 237 g/mol. The van der Waals surface area contributed by atoms with Crippen LogP contribution in [0.15, 0.2) is 12.1 Å². The van der Waals surface area contributed by atoms with E-state index in [2.05, 4.69) is 5.32 Å². The monoisotopic (exact) mass is 237 g/mol. The lowest BCUT2D eigenvalue weighted by Crippen LogP contribution is -2.09. The zero-order chi connectivity index (χ0) is 12.8. The molecule has 0 aliphatic rings. The first-order valence-electron chi connectivity index (χ1n) is 5.76. The van der Waals surface area contributed by atoms with Crippen molar-refractivity contribution >= 4 is 11.6 Å². The second kappa shape index (κ2) is 6.13. The third kappa shape index (κ3) is 3.66. The Bertz CT molecular complexity index is 402. The van der Waals surface area contributed by atoms with Gasteiger partial charge in [0.15, 0.2) is 0 Å². The first-order chi connectivity index (χ1) is 8.08. The number of rotatable bonds is 5. The summed E-state index contributed by atoms with van der Waals surface area (Å²) in [7, 11) is 0. The lowest BCUT2D eigenvalue weighted by atomic mass is 10.2. The fraction of sp³-hybridized carbons (Fsp3) is 0.462. The number of hydrogen-bond acceptors (Lipinski definition) is 3. The topological polar surface area (TPSA) is 47.6 Å². The van der Waals surface area contributed by atoms with Crippen molar-refractivity contribution in [2.75, 3.05) is 18.5 Å². The van der Waals surface area contributed by atoms with Gasteiger partial charge >= 0.3 is 0 Å². The van der Waals surface area contributed by atoms with Gasteiger partial charge in [-0.15, -0.1) is 0 Å². The van der Waals surface area contributed by atoms with E-state index in [-0.39, 0.29) is 5.91 Å². The Hall–Kier alpha value is -1.71. The number of carbonyl (C=O) groups excluding carboxylic acids is 1. The van der Waals surface area contributed by atoms with Crippen LogP contribution in [0.25, 0.3) is 0 Å². The number of nitrogens with one attached hydrogen (secondary N) is 1. The Labute approximate surface area is 102 Å². The second-order valence-corrected chi connectivity index (χ2v) is 3.66. The maximum absolute atomic E-state index is 11.1. The number of ether oxygens (including phenoxy) is 2. The molecule has 17 heavy (non-hydrogen) atoms. The molecule has 0 saturated heterocycles. The number of benzene rings is 1. The van der Waals surface area contributed by atoms with Crippen LogP contribution in [0.4, 0.5) is 5.69 Å². The number of aryl methyl sites for hydroxylation is 1. The van der Waals surface area contributed by atoms with Gasteiger partial charge in [-0.2, -0.15) is 0 Å². The van der Waals surface area contributed by atoms with Crippen LogP contribution in [0.2, 0.25) is 0 Å². The van der Waals surface area contributed by atoms with Crippen molar-refractivity contribution in [2.24, 2.45) is 0 Å². The Balaban J connectivity index is 3.11. The Morgan fingerprint density at radius 1 is 1.18 bits per heavy atom. The van der Waals surface area contributed by atoms with Crippen molar-refractivity contribution in [1.82, 2.24) is 0 Å². The van der Waals surface area contributed by atoms with Gasteiger partial charge in [0, 0.05) is 13.0 Å². The van der Waals surface area contributed by atoms with Gasteiger partial charge in [0.2, 0.25) is 5.91 Å². The lowest BCUT2D eigenvalue weighted by Gasteiger charge is -2.15. The van der Waals surface area contributed by atoms with E-state index in [0.717, 1.165) is 11.3 Å². The van der Waals surface area contributed by atoms with Crippen LogP contribution in [0, 0.1) is 6.92 Å². The number of hydrogen-bond donors (Lipinski definition) is 1. The molecule has 94 valence electrons. The minimum absolute atomic E-state index is 0.128. The molecule has 1 rings (SSSR count). The van der Waals surface area contributed by atoms with Crippen LogP contribution >= 0.6 is 0 Å². The maximum Gasteiger partial charge on any atom is 0.221 e. The summed E-state index contributed by atoms with van der Waals surface area (Å²) in [5.41, 5.74) is 1.64. The molecule has 0 bridgehead atoms. The molecule has 1 amide bonds. The fourth-order valence-corrected chi connectivity index (χ4v) is 1.53. The molecular weight excluding hydrogens is 218 g/mol. The van der Waals surface area contributed by atoms with Gasteiger partial charge in [-0.1, -0.05) is 0 Å². The molecule has 1 aromatic rings. The summed E-state index contributed by atoms with van der Waals surface area (Å²) < 4.78 is 11.0. The van der Waals surface area contributed by atoms with E-state index in [9.17, 15) is 4.79 Å². The van der Waals surface area contributed by atoms with Crippen LogP contribution in [0.5, 0.6) is 11.5 Å². The van der Waals surface area contributed by atoms with E-state index in [1.807, 2.05) is 26.8 Å². The van der Waals surface area contributed by atoms with Gasteiger partial charge in [-0.25, -0.2) is 0 Å². The largest absolute Gasteiger partial charge is 0.494 e. The Kier molecular flexibility index (Phi) is 4.82. The smallest absolute Gasteiger partial charge is 0.221 e. The summed E-state index contributed by atoms with van der Waals surface area (Å²) in [5, 5.41) is 2.74. The summed E-state index contributed by atoms with van der Waals surface area (Å²) in [5.74, 6) is 1.31. The second-order valence-electron chi connectivity index (χ2n) is 3.66. The molecule has 1 N–H and O–H groups in total. The molecule has 0 aromatic heterocycles. The van der Waals surface area contributed by atoms with Gasteiger partial charge in [0.1, 0.15) is 11.5 Å². The summed E-state index contributed by atoms with van der Waals surface area (Å²) in [6.45, 7) is 8.40. The predicted molar refractivity (Wildman–Crippen MR) is 67.8 cm³/mol. The first-order valence-corrected chi connectivity index (χ1v) is 5.76. The molecule has 4 nitrogen and oxygen atoms in total. The van der Waals surface area contributed by atoms with Crippen molar-refractivity contribution in [3.63, 3.8) is 0 Å². The average Bonchev–Trinajstić information content (AvgIpc) is 2.24. The van der Waals surface area contributed by atoms with E-state index in [0.29, 0.717) is 24.7 Å². The highest BCUT2D eigenvalue weighted by molar-refractivity contribution is 5.90. The molecule has 0 atom stereocenters. The standard InChI is InChI=1S/C13H19NO3/c1-5-16-12-8-11(14-10(4)15)13(17-6-2)7-9(12)3/h7-8H,5-6H2,1-4H3,(H,14,15). The van der Waals surface area contributed by atoms with E-state index < -0.39 is 0 Å². The molecule has 0 radical (unpaired) electrons. The molecular formula is C13H19NO3. The molecule has 0 unspecified atom stereocenters. The maximum atomic E-state index is 11.1. The Morgan fingerprint density at radius 2 is 1.76 bits per heavy atom. The minimum atomic E-state index is -0.128. The molecule has 0 spiro atoms. The van der Waals surface area contributed by atoms with Crippen molar-refractivity contribution in [3.05, 3.63) is 17.7 Å². The summed E-state index contributed by atoms with van der Waals surface area (Å²) in [6.07, 6.45) is 0. The van der Waals surface area contributed by atoms with Crippen molar-refractivity contribution in [2.45, 2.75) is 27.7 Å². The third-order valence-corrected chi connectivity index (χ3v) is 2.19. The lowest BCUT2D eigenvalue weighted by molar-refractivity contribution is -0.114. The number of amides is 1. The molecule has 0 saturated carbocycles. The number of carbonyl (C=O) groups is 1. The summed E-state index contributed by atoms with van der Waals surface area (Å²) >= 11 is 0. The SMILES string of the molecule is CCOc1cc(NC(C)=O)c(OCC)cc1C. The van der Waals surface area contributed by atoms with Gasteiger partial charge in [0.05, 0.1) is 18.9 Å². The highest BCUT2D eigenvalue weighted by atomic mass is 16.5. The number of anilines is 1. The van der Waals surface area contributed by atoms with Gasteiger partial charge in [-0.3, -0.25) is 4.79 Å². The first kappa shape index (κ1) is 13.4. The van der Waals surface area contributed by atoms with Gasteiger partial charge < -0.3 is 14.8 Å². The summed E-state index contributed by atoms with van der Waals surface area (Å²) in [4.78, 5) is 11.1. The predicted octanol–water partition coefficient (Wildman–Crippen LogP) is 2.75. The molecule has 1 aromatic carbocycles. The van der Waals surface area contributed by atoms with Crippen LogP contribution < -0.4 is 14.8 Å². The Morgan fingerprint density at radius 3 is 2.29 bits per heavy atom. The summed E-state index contributed by atoms with van der Waals surface area (Å²) in [6, 6.07) is 3.67. The fourth-order valence-electron chi connectivity index (χ4n) is 1.53. The van der Waals surface area contributed by atoms with Crippen LogP contribution in [-0.4, -0.2) is 19.1 Å². The zero-order valence-electron chi connectivity index (χ0n) is 10.8. The van der Waals surface area contributed by atoms with Crippen LogP contribution in [-0.2, 0) is 4.79 Å². The third-order valence-electron chi connectivity index (χ3n) is 2.19. The van der Waals surface area contributed by atoms with E-state index in [4.69, 9.17) is 9.47 Å². The molecule has 4 heteroatoms. The molecule has 0 fully saturated rings. The highest BCUT2D eigenvalue weighted by Gasteiger charge is 2.10. The van der Waals surface area contributed by atoms with E-state index in [1.54, 1.807) is 6.07 Å². The van der Waals surface area contributed by atoms with E-state index in [1.165, 1.54) is 6.92 Å². The van der Waals surface area contributed by atoms with Gasteiger partial charge in [0.25, 0.3) is 0 Å². The highest BCUT2D eigenvalue weighted by Crippen LogP contribution is 2.32. The quantitative estimate of drug-likeness (QED) is 0.856. The van der Waals surface area contributed by atoms with Gasteiger partial charge in [-0.05, 0) is 32.4 Å². The van der Waals surface area contributed by atoms with Crippen LogP contribution in [0.3, 0.4) is 0 Å².